The van der Waals surface area contributed by atoms with Crippen molar-refractivity contribution in [3.8, 4) is 11.3 Å². The molecule has 2 fully saturated rings. The molecule has 1 spiro atoms. The molecule has 0 radical (unpaired) electrons. The molecule has 2 aromatic heterocycles. The van der Waals surface area contributed by atoms with Gasteiger partial charge >= 0.3 is 0 Å². The van der Waals surface area contributed by atoms with Crippen molar-refractivity contribution in [1.82, 2.24) is 15.0 Å². The van der Waals surface area contributed by atoms with Crippen molar-refractivity contribution in [1.29, 1.82) is 0 Å². The van der Waals surface area contributed by atoms with Crippen molar-refractivity contribution < 1.29 is 14.0 Å². The third kappa shape index (κ3) is 3.76. The van der Waals surface area contributed by atoms with Crippen molar-refractivity contribution >= 4 is 0 Å². The summed E-state index contributed by atoms with van der Waals surface area (Å²) in [4.78, 5) is 6.51. The fourth-order valence-electron chi connectivity index (χ4n) is 3.88. The molecule has 6 nitrogen and oxygen atoms in total. The van der Waals surface area contributed by atoms with Crippen LogP contribution in [0.4, 0.5) is 0 Å². The maximum Gasteiger partial charge on any atom is 0.151 e. The Morgan fingerprint density at radius 2 is 2.16 bits per heavy atom. The van der Waals surface area contributed by atoms with Crippen LogP contribution in [0.1, 0.15) is 31.4 Å². The Balaban J connectivity index is 1.40. The van der Waals surface area contributed by atoms with Crippen LogP contribution in [0.15, 0.2) is 35.1 Å². The van der Waals surface area contributed by atoms with Crippen LogP contribution in [0.2, 0.25) is 0 Å². The number of ether oxygens (including phenoxy) is 2. The molecule has 0 amide bonds. The fourth-order valence-corrected chi connectivity index (χ4v) is 3.88. The second kappa shape index (κ2) is 7.23. The van der Waals surface area contributed by atoms with Gasteiger partial charge in [-0.25, -0.2) is 0 Å². The molecule has 25 heavy (non-hydrogen) atoms. The lowest BCUT2D eigenvalue weighted by molar-refractivity contribution is -0.150. The van der Waals surface area contributed by atoms with Crippen LogP contribution in [-0.4, -0.2) is 53.6 Å². The van der Waals surface area contributed by atoms with Crippen molar-refractivity contribution in [2.24, 2.45) is 0 Å². The topological polar surface area (TPSA) is 60.6 Å². The van der Waals surface area contributed by atoms with Crippen LogP contribution in [-0.2, 0) is 16.0 Å². The number of hydrogen-bond donors (Lipinski definition) is 0. The van der Waals surface area contributed by atoms with E-state index in [9.17, 15) is 0 Å². The zero-order valence-electron chi connectivity index (χ0n) is 14.7. The van der Waals surface area contributed by atoms with Crippen LogP contribution in [0.3, 0.4) is 0 Å². The molecule has 0 saturated carbocycles. The van der Waals surface area contributed by atoms with Crippen molar-refractivity contribution in [2.75, 3.05) is 26.9 Å². The van der Waals surface area contributed by atoms with E-state index in [0.29, 0.717) is 6.04 Å². The number of pyridine rings is 1. The van der Waals surface area contributed by atoms with Gasteiger partial charge in [-0.1, -0.05) is 5.16 Å². The number of rotatable bonds is 4. The summed E-state index contributed by atoms with van der Waals surface area (Å²) in [5, 5.41) is 4.19. The lowest BCUT2D eigenvalue weighted by Crippen LogP contribution is -2.50. The third-order valence-corrected chi connectivity index (χ3v) is 5.42. The third-order valence-electron chi connectivity index (χ3n) is 5.42. The quantitative estimate of drug-likeness (QED) is 0.851. The van der Waals surface area contributed by atoms with Crippen LogP contribution >= 0.6 is 0 Å². The lowest BCUT2D eigenvalue weighted by atomic mass is 9.83. The van der Waals surface area contributed by atoms with Crippen LogP contribution < -0.4 is 0 Å². The molecule has 134 valence electrons. The molecule has 1 atom stereocenters. The molecule has 4 heterocycles. The molecule has 2 saturated heterocycles. The first-order valence-corrected chi connectivity index (χ1v) is 9.02. The SMILES string of the molecule is CN(Cc1cc(-c2cccnc2)no1)C1CCOC2(CCOCC2)C1. The fraction of sp³-hybridized carbons (Fsp3) is 0.579. The van der Waals surface area contributed by atoms with Crippen LogP contribution in [0, 0.1) is 0 Å². The van der Waals surface area contributed by atoms with E-state index < -0.39 is 0 Å². The van der Waals surface area contributed by atoms with Gasteiger partial charge in [0.15, 0.2) is 5.76 Å². The van der Waals surface area contributed by atoms with E-state index in [1.807, 2.05) is 18.2 Å². The van der Waals surface area contributed by atoms with E-state index in [-0.39, 0.29) is 5.60 Å². The van der Waals surface area contributed by atoms with Crippen molar-refractivity contribution in [2.45, 2.75) is 43.9 Å². The van der Waals surface area contributed by atoms with Crippen LogP contribution in [0.5, 0.6) is 0 Å². The number of hydrogen-bond acceptors (Lipinski definition) is 6. The molecule has 2 aliphatic rings. The predicted molar refractivity (Wildman–Crippen MR) is 93.0 cm³/mol. The van der Waals surface area contributed by atoms with Gasteiger partial charge in [0.2, 0.25) is 0 Å². The minimum absolute atomic E-state index is 0.0116. The molecule has 6 heteroatoms. The largest absolute Gasteiger partial charge is 0.381 e. The van der Waals surface area contributed by atoms with E-state index in [4.69, 9.17) is 14.0 Å². The summed E-state index contributed by atoms with van der Waals surface area (Å²) in [6.45, 7) is 3.21. The second-order valence-electron chi connectivity index (χ2n) is 7.13. The predicted octanol–water partition coefficient (Wildman–Crippen LogP) is 2.90. The van der Waals surface area contributed by atoms with Gasteiger partial charge < -0.3 is 14.0 Å². The van der Waals surface area contributed by atoms with E-state index in [1.54, 1.807) is 12.4 Å². The Labute approximate surface area is 148 Å². The molecule has 2 aromatic rings. The van der Waals surface area contributed by atoms with Gasteiger partial charge in [-0.15, -0.1) is 0 Å². The first kappa shape index (κ1) is 16.7. The summed E-state index contributed by atoms with van der Waals surface area (Å²) < 4.78 is 17.2. The highest BCUT2D eigenvalue weighted by molar-refractivity contribution is 5.57. The molecule has 0 aliphatic carbocycles. The first-order chi connectivity index (χ1) is 12.2. The maximum atomic E-state index is 6.15. The highest BCUT2D eigenvalue weighted by Gasteiger charge is 2.40. The molecule has 1 unspecified atom stereocenters. The monoisotopic (exact) mass is 343 g/mol. The standard InChI is InChI=1S/C19H25N3O3/c1-22(16-4-8-24-19(12-16)5-9-23-10-6-19)14-17-11-18(21-25-17)15-3-2-7-20-13-15/h2-3,7,11,13,16H,4-6,8-10,12,14H2,1H3. The van der Waals surface area contributed by atoms with Gasteiger partial charge in [-0.2, -0.15) is 0 Å². The summed E-state index contributed by atoms with van der Waals surface area (Å²) in [6, 6.07) is 6.41. The summed E-state index contributed by atoms with van der Waals surface area (Å²) in [6.07, 6.45) is 7.70. The molecular formula is C19H25N3O3. The van der Waals surface area contributed by atoms with Gasteiger partial charge in [-0.3, -0.25) is 9.88 Å². The normalized spacial score (nSPS) is 23.2. The smallest absolute Gasteiger partial charge is 0.151 e. The van der Waals surface area contributed by atoms with E-state index in [0.717, 1.165) is 69.1 Å². The Morgan fingerprint density at radius 3 is 2.96 bits per heavy atom. The summed E-state index contributed by atoms with van der Waals surface area (Å²) >= 11 is 0. The Bertz CT molecular complexity index is 677. The molecule has 0 bridgehead atoms. The molecule has 0 N–H and O–H groups in total. The summed E-state index contributed by atoms with van der Waals surface area (Å²) in [5.41, 5.74) is 1.83. The Kier molecular flexibility index (Phi) is 4.83. The maximum absolute atomic E-state index is 6.15. The minimum Gasteiger partial charge on any atom is -0.381 e. The van der Waals surface area contributed by atoms with Gasteiger partial charge in [0.05, 0.1) is 12.1 Å². The van der Waals surface area contributed by atoms with Gasteiger partial charge in [0.25, 0.3) is 0 Å². The zero-order valence-corrected chi connectivity index (χ0v) is 14.7. The molecule has 2 aliphatic heterocycles. The highest BCUT2D eigenvalue weighted by Crippen LogP contribution is 2.36. The van der Waals surface area contributed by atoms with E-state index in [1.165, 1.54) is 0 Å². The van der Waals surface area contributed by atoms with Gasteiger partial charge in [-0.05, 0) is 44.9 Å². The summed E-state index contributed by atoms with van der Waals surface area (Å²) in [5.74, 6) is 0.883. The number of nitrogens with zero attached hydrogens (tertiary/aromatic N) is 3. The van der Waals surface area contributed by atoms with Crippen molar-refractivity contribution in [3.63, 3.8) is 0 Å². The second-order valence-corrected chi connectivity index (χ2v) is 7.13. The highest BCUT2D eigenvalue weighted by atomic mass is 16.5. The van der Waals surface area contributed by atoms with Crippen LogP contribution in [0.25, 0.3) is 11.3 Å². The molecule has 4 rings (SSSR count). The van der Waals surface area contributed by atoms with E-state index in [2.05, 4.69) is 22.1 Å². The Morgan fingerprint density at radius 1 is 1.28 bits per heavy atom. The first-order valence-electron chi connectivity index (χ1n) is 9.02. The Hall–Kier alpha value is -1.76. The molecular weight excluding hydrogens is 318 g/mol. The average Bonchev–Trinajstić information content (AvgIpc) is 3.12. The number of aromatic nitrogens is 2. The van der Waals surface area contributed by atoms with Gasteiger partial charge in [0.1, 0.15) is 5.69 Å². The molecule has 0 aromatic carbocycles. The zero-order chi connectivity index (χ0) is 17.1. The minimum atomic E-state index is 0.0116. The van der Waals surface area contributed by atoms with Crippen molar-refractivity contribution in [3.05, 3.63) is 36.4 Å². The van der Waals surface area contributed by atoms with E-state index >= 15 is 0 Å². The summed E-state index contributed by atoms with van der Waals surface area (Å²) in [7, 11) is 2.16. The average molecular weight is 343 g/mol. The van der Waals surface area contributed by atoms with Gasteiger partial charge in [0, 0.05) is 49.9 Å². The lowest BCUT2D eigenvalue weighted by Gasteiger charge is -2.45.